The fourth-order valence-corrected chi connectivity index (χ4v) is 5.67. The summed E-state index contributed by atoms with van der Waals surface area (Å²) in [5.41, 5.74) is -1.37. The highest BCUT2D eigenvalue weighted by atomic mass is 32.2. The first-order chi connectivity index (χ1) is 22.8. The number of ether oxygens (including phenoxy) is 2. The third kappa shape index (κ3) is 9.14. The number of aliphatic hydroxyl groups is 3. The van der Waals surface area contributed by atoms with Crippen molar-refractivity contribution in [2.45, 2.75) is 62.9 Å². The van der Waals surface area contributed by atoms with E-state index in [1.807, 2.05) is 6.92 Å². The molecule has 3 unspecified atom stereocenters. The predicted octanol–water partition coefficient (Wildman–Crippen LogP) is 2.10. The lowest BCUT2D eigenvalue weighted by atomic mass is 9.88. The maximum Gasteiger partial charge on any atom is 0.364 e. The molecule has 6 atom stereocenters. The van der Waals surface area contributed by atoms with E-state index in [2.05, 4.69) is 21.0 Å². The number of carbonyl (C=O) groups excluding carboxylic acids is 2. The molecule has 18 nitrogen and oxygen atoms in total. The summed E-state index contributed by atoms with van der Waals surface area (Å²) in [5, 5.41) is 64.5. The Hall–Kier alpha value is -4.40. The minimum Gasteiger partial charge on any atom is -0.477 e. The Morgan fingerprint density at radius 1 is 1.17 bits per heavy atom. The molecule has 19 heteroatoms. The molecule has 1 saturated heterocycles. The van der Waals surface area contributed by atoms with E-state index in [4.69, 9.17) is 9.47 Å². The topological polar surface area (TPSA) is 277 Å². The van der Waals surface area contributed by atoms with E-state index in [1.54, 1.807) is 11.8 Å². The minimum atomic E-state index is -2.42. The molecular formula is C29H35N5O13S. The van der Waals surface area contributed by atoms with Crippen molar-refractivity contribution < 1.29 is 49.2 Å². The summed E-state index contributed by atoms with van der Waals surface area (Å²) in [7, 11) is 0. The van der Waals surface area contributed by atoms with Crippen LogP contribution < -0.4 is 10.6 Å². The Morgan fingerprint density at radius 2 is 1.88 bits per heavy atom. The summed E-state index contributed by atoms with van der Waals surface area (Å²) >= 11 is 1.60. The van der Waals surface area contributed by atoms with E-state index in [0.717, 1.165) is 24.8 Å². The highest BCUT2D eigenvalue weighted by Gasteiger charge is 2.55. The molecule has 0 aliphatic carbocycles. The van der Waals surface area contributed by atoms with Crippen molar-refractivity contribution in [2.75, 3.05) is 24.7 Å². The van der Waals surface area contributed by atoms with Crippen LogP contribution in [0, 0.1) is 19.9 Å². The van der Waals surface area contributed by atoms with Gasteiger partial charge in [0, 0.05) is 37.1 Å². The molecule has 0 saturated carbocycles. The van der Waals surface area contributed by atoms with Crippen molar-refractivity contribution in [2.24, 2.45) is 10.4 Å². The number of carbonyl (C=O) groups is 3. The number of nitro benzene ring substituents is 1. The second-order valence-electron chi connectivity index (χ2n) is 10.7. The first-order valence-electron chi connectivity index (χ1n) is 14.6. The molecule has 0 spiro atoms. The number of nitro groups is 1. The number of nitrogens with zero attached hydrogens (tertiary/aromatic N) is 3. The zero-order chi connectivity index (χ0) is 35.6. The Labute approximate surface area is 277 Å². The lowest BCUT2D eigenvalue weighted by Gasteiger charge is -2.46. The van der Waals surface area contributed by atoms with Gasteiger partial charge in [0.05, 0.1) is 35.3 Å². The van der Waals surface area contributed by atoms with E-state index < -0.39 is 77.6 Å². The SMILES string of the molecule is CCSCCCO[C@]1(C(=O)O)CC(O)[C@@H](NC(C)=O)C(C(O)[C@H](O)CNC(=O)c2ccc(-c3ccc(N=O)cc3[N+](=O)[O-])c(N=O)c2)O1. The van der Waals surface area contributed by atoms with Gasteiger partial charge >= 0.3 is 5.97 Å². The van der Waals surface area contributed by atoms with Gasteiger partial charge in [0.25, 0.3) is 17.4 Å². The Kier molecular flexibility index (Phi) is 13.6. The summed E-state index contributed by atoms with van der Waals surface area (Å²) in [6.07, 6.45) is -7.27. The van der Waals surface area contributed by atoms with E-state index in [9.17, 15) is 54.7 Å². The summed E-state index contributed by atoms with van der Waals surface area (Å²) in [6, 6.07) is 5.39. The number of nitroso groups, excluding NO2 is 2. The molecule has 1 aliphatic heterocycles. The van der Waals surface area contributed by atoms with Crippen LogP contribution in [0.5, 0.6) is 0 Å². The second kappa shape index (κ2) is 17.1. The third-order valence-corrected chi connectivity index (χ3v) is 8.36. The largest absolute Gasteiger partial charge is 0.477 e. The standard InChI is InChI=1S/C29H35N5O13S/c1-3-48-10-4-9-46-29(28(40)41)13-22(36)24(31-15(2)35)26(47-29)25(38)23(37)14-30-27(39)16-5-7-18(20(11-16)33-43)19-8-6-17(32-42)12-21(19)34(44)45/h5-8,11-12,22-26,36-38H,3-4,9-10,13-14H2,1-2H3,(H,30,39)(H,31,35)(H,40,41)/t22?,23-,24-,25?,26?,29-/m1/s1. The monoisotopic (exact) mass is 693 g/mol. The molecule has 2 aromatic rings. The average molecular weight is 694 g/mol. The van der Waals surface area contributed by atoms with Crippen LogP contribution in [0.2, 0.25) is 0 Å². The Morgan fingerprint density at radius 3 is 2.48 bits per heavy atom. The summed E-state index contributed by atoms with van der Waals surface area (Å²) in [4.78, 5) is 70.4. The molecule has 0 bridgehead atoms. The van der Waals surface area contributed by atoms with Crippen LogP contribution in [0.4, 0.5) is 17.1 Å². The molecule has 48 heavy (non-hydrogen) atoms. The van der Waals surface area contributed by atoms with Crippen molar-refractivity contribution in [1.29, 1.82) is 0 Å². The quantitative estimate of drug-likeness (QED) is 0.0599. The van der Waals surface area contributed by atoms with E-state index in [-0.39, 0.29) is 34.7 Å². The maximum atomic E-state index is 12.9. The molecule has 2 aromatic carbocycles. The van der Waals surface area contributed by atoms with Gasteiger partial charge in [-0.25, -0.2) is 4.79 Å². The van der Waals surface area contributed by atoms with Gasteiger partial charge in [-0.2, -0.15) is 11.8 Å². The molecule has 260 valence electrons. The third-order valence-electron chi connectivity index (χ3n) is 7.38. The fourth-order valence-electron chi connectivity index (χ4n) is 5.06. The van der Waals surface area contributed by atoms with Gasteiger partial charge in [-0.05, 0) is 52.5 Å². The van der Waals surface area contributed by atoms with Crippen LogP contribution in [0.15, 0.2) is 46.8 Å². The van der Waals surface area contributed by atoms with E-state index in [0.29, 0.717) is 12.2 Å². The highest BCUT2D eigenvalue weighted by molar-refractivity contribution is 7.99. The maximum absolute atomic E-state index is 12.9. The van der Waals surface area contributed by atoms with Crippen molar-refractivity contribution in [3.8, 4) is 11.1 Å². The van der Waals surface area contributed by atoms with Gasteiger partial charge in [-0.15, -0.1) is 9.81 Å². The summed E-state index contributed by atoms with van der Waals surface area (Å²) in [5.74, 6) is -4.04. The molecule has 1 heterocycles. The van der Waals surface area contributed by atoms with Crippen molar-refractivity contribution in [3.63, 3.8) is 0 Å². The number of aliphatic carboxylic acids is 1. The zero-order valence-corrected chi connectivity index (χ0v) is 26.6. The van der Waals surface area contributed by atoms with E-state index >= 15 is 0 Å². The molecule has 1 fully saturated rings. The number of nitrogens with one attached hydrogen (secondary N) is 2. The van der Waals surface area contributed by atoms with Gasteiger partial charge in [-0.3, -0.25) is 19.7 Å². The number of hydrogen-bond acceptors (Lipinski definition) is 15. The lowest BCUT2D eigenvalue weighted by molar-refractivity contribution is -0.384. The number of carboxylic acids is 1. The van der Waals surface area contributed by atoms with Gasteiger partial charge in [0.15, 0.2) is 0 Å². The molecule has 2 amide bonds. The number of carboxylic acid groups (broad SMARTS) is 1. The fraction of sp³-hybridized carbons (Fsp3) is 0.483. The lowest BCUT2D eigenvalue weighted by Crippen LogP contribution is -2.68. The van der Waals surface area contributed by atoms with Crippen molar-refractivity contribution in [3.05, 3.63) is 61.9 Å². The number of benzene rings is 2. The number of aliphatic hydroxyl groups excluding tert-OH is 3. The Bertz CT molecular complexity index is 1530. The molecular weight excluding hydrogens is 658 g/mol. The molecule has 0 aromatic heterocycles. The smallest absolute Gasteiger partial charge is 0.364 e. The van der Waals surface area contributed by atoms with Crippen molar-refractivity contribution in [1.82, 2.24) is 10.6 Å². The number of thioether (sulfide) groups is 1. The van der Waals surface area contributed by atoms with Crippen LogP contribution in [-0.2, 0) is 19.1 Å². The molecule has 3 rings (SSSR count). The van der Waals surface area contributed by atoms with Crippen LogP contribution in [0.1, 0.15) is 37.0 Å². The predicted molar refractivity (Wildman–Crippen MR) is 171 cm³/mol. The first kappa shape index (κ1) is 38.1. The number of amides is 2. The summed E-state index contributed by atoms with van der Waals surface area (Å²) in [6.45, 7) is 2.35. The van der Waals surface area contributed by atoms with Crippen LogP contribution >= 0.6 is 11.8 Å². The highest BCUT2D eigenvalue weighted by Crippen LogP contribution is 2.39. The normalized spacial score (nSPS) is 21.8. The van der Waals surface area contributed by atoms with Crippen LogP contribution in [0.3, 0.4) is 0 Å². The van der Waals surface area contributed by atoms with Gasteiger partial charge in [-0.1, -0.05) is 13.0 Å². The van der Waals surface area contributed by atoms with Gasteiger partial charge < -0.3 is 40.5 Å². The molecule has 6 N–H and O–H groups in total. The van der Waals surface area contributed by atoms with E-state index in [1.165, 1.54) is 24.3 Å². The first-order valence-corrected chi connectivity index (χ1v) is 15.8. The molecule has 1 aliphatic rings. The average Bonchev–Trinajstić information content (AvgIpc) is 3.06. The van der Waals surface area contributed by atoms with Crippen molar-refractivity contribution >= 4 is 46.6 Å². The minimum absolute atomic E-state index is 0.0218. The Balaban J connectivity index is 1.79. The molecule has 0 radical (unpaired) electrons. The van der Waals surface area contributed by atoms with Crippen LogP contribution in [0.25, 0.3) is 11.1 Å². The summed E-state index contributed by atoms with van der Waals surface area (Å²) < 4.78 is 11.2. The number of rotatable bonds is 17. The van der Waals surface area contributed by atoms with Gasteiger partial charge in [0.1, 0.15) is 23.6 Å². The number of hydrogen-bond donors (Lipinski definition) is 6. The van der Waals surface area contributed by atoms with Gasteiger partial charge in [0.2, 0.25) is 5.91 Å². The second-order valence-corrected chi connectivity index (χ2v) is 12.1. The van der Waals surface area contributed by atoms with Crippen LogP contribution in [-0.4, -0.2) is 104 Å². The zero-order valence-electron chi connectivity index (χ0n) is 25.8.